The van der Waals surface area contributed by atoms with Crippen LogP contribution in [0, 0.1) is 6.92 Å². The van der Waals surface area contributed by atoms with Crippen LogP contribution in [0.4, 0.5) is 10.5 Å². The number of likely N-dealkylation sites (tertiary alicyclic amines) is 1. The molecule has 0 radical (unpaired) electrons. The predicted octanol–water partition coefficient (Wildman–Crippen LogP) is 0.752. The zero-order chi connectivity index (χ0) is 19.1. The van der Waals surface area contributed by atoms with Gasteiger partial charge in [0.15, 0.2) is 0 Å². The number of carbonyl (C=O) groups excluding carboxylic acids is 2. The summed E-state index contributed by atoms with van der Waals surface area (Å²) >= 11 is 0. The van der Waals surface area contributed by atoms with Gasteiger partial charge >= 0.3 is 6.03 Å². The van der Waals surface area contributed by atoms with Crippen molar-refractivity contribution in [3.63, 3.8) is 0 Å². The molecule has 0 saturated carbocycles. The van der Waals surface area contributed by atoms with Gasteiger partial charge in [-0.1, -0.05) is 0 Å². The lowest BCUT2D eigenvalue weighted by molar-refractivity contribution is -0.131. The van der Waals surface area contributed by atoms with E-state index in [9.17, 15) is 9.59 Å². The van der Waals surface area contributed by atoms with E-state index in [-0.39, 0.29) is 11.9 Å². The molecule has 0 aromatic carbocycles. The highest BCUT2D eigenvalue weighted by molar-refractivity contribution is 5.78. The van der Waals surface area contributed by atoms with E-state index in [1.54, 1.807) is 6.20 Å². The molecule has 8 heteroatoms. The van der Waals surface area contributed by atoms with Gasteiger partial charge < -0.3 is 20.4 Å². The maximum atomic E-state index is 12.3. The average molecular weight is 374 g/mol. The third-order valence-corrected chi connectivity index (χ3v) is 5.21. The first-order chi connectivity index (χ1) is 13.1. The summed E-state index contributed by atoms with van der Waals surface area (Å²) in [6, 6.07) is 1.90. The zero-order valence-electron chi connectivity index (χ0n) is 16.1. The Labute approximate surface area is 160 Å². The van der Waals surface area contributed by atoms with Gasteiger partial charge in [0.2, 0.25) is 5.91 Å². The van der Waals surface area contributed by atoms with Crippen LogP contribution in [0.3, 0.4) is 0 Å². The molecule has 2 saturated heterocycles. The van der Waals surface area contributed by atoms with Gasteiger partial charge in [-0.15, -0.1) is 0 Å². The number of aromatic nitrogens is 1. The second-order valence-corrected chi connectivity index (χ2v) is 7.20. The van der Waals surface area contributed by atoms with Crippen LogP contribution in [0.5, 0.6) is 0 Å². The van der Waals surface area contributed by atoms with Crippen molar-refractivity contribution in [2.45, 2.75) is 19.8 Å². The highest BCUT2D eigenvalue weighted by Crippen LogP contribution is 2.11. The molecule has 3 heterocycles. The van der Waals surface area contributed by atoms with Crippen LogP contribution in [0.1, 0.15) is 18.4 Å². The minimum atomic E-state index is -0.0335. The third-order valence-electron chi connectivity index (χ3n) is 5.21. The Morgan fingerprint density at radius 3 is 2.48 bits per heavy atom. The van der Waals surface area contributed by atoms with Crippen molar-refractivity contribution in [1.82, 2.24) is 25.0 Å². The first kappa shape index (κ1) is 19.4. The Kier molecular flexibility index (Phi) is 6.86. The Morgan fingerprint density at radius 1 is 1.04 bits per heavy atom. The number of nitrogens with one attached hydrogen (secondary N) is 2. The fourth-order valence-electron chi connectivity index (χ4n) is 3.52. The summed E-state index contributed by atoms with van der Waals surface area (Å²) in [6.45, 7) is 8.33. The Morgan fingerprint density at radius 2 is 1.78 bits per heavy atom. The Balaban J connectivity index is 1.31. The molecule has 148 valence electrons. The summed E-state index contributed by atoms with van der Waals surface area (Å²) < 4.78 is 0. The van der Waals surface area contributed by atoms with Gasteiger partial charge in [0.25, 0.3) is 0 Å². The second-order valence-electron chi connectivity index (χ2n) is 7.20. The number of hydrogen-bond donors (Lipinski definition) is 2. The van der Waals surface area contributed by atoms with Crippen LogP contribution in [0.15, 0.2) is 18.5 Å². The average Bonchev–Trinajstić information content (AvgIpc) is 3.22. The fraction of sp³-hybridized carbons (Fsp3) is 0.632. The van der Waals surface area contributed by atoms with E-state index in [4.69, 9.17) is 0 Å². The summed E-state index contributed by atoms with van der Waals surface area (Å²) in [5.41, 5.74) is 2.12. The van der Waals surface area contributed by atoms with E-state index >= 15 is 0 Å². The van der Waals surface area contributed by atoms with E-state index in [0.29, 0.717) is 32.7 Å². The minimum absolute atomic E-state index is 0.0335. The van der Waals surface area contributed by atoms with Crippen LogP contribution in [0.25, 0.3) is 0 Å². The molecule has 2 aliphatic rings. The zero-order valence-corrected chi connectivity index (χ0v) is 16.1. The van der Waals surface area contributed by atoms with Gasteiger partial charge in [0.05, 0.1) is 6.54 Å². The number of piperazine rings is 1. The standard InChI is InChI=1S/C19H30N6O2/c1-16-14-20-5-4-17(16)21-6-7-22-19(27)25-12-10-23(11-13-25)15-18(26)24-8-2-3-9-24/h4-5,14H,2-3,6-13,15H2,1H3,(H,20,21)(H,22,27). The highest BCUT2D eigenvalue weighted by atomic mass is 16.2. The maximum Gasteiger partial charge on any atom is 0.317 e. The summed E-state index contributed by atoms with van der Waals surface area (Å²) in [6.07, 6.45) is 5.81. The van der Waals surface area contributed by atoms with Crippen molar-refractivity contribution >= 4 is 17.6 Å². The van der Waals surface area contributed by atoms with Crippen molar-refractivity contribution < 1.29 is 9.59 Å². The minimum Gasteiger partial charge on any atom is -0.383 e. The van der Waals surface area contributed by atoms with Crippen LogP contribution < -0.4 is 10.6 Å². The van der Waals surface area contributed by atoms with Crippen molar-refractivity contribution in [3.05, 3.63) is 24.0 Å². The molecule has 0 unspecified atom stereocenters. The first-order valence-corrected chi connectivity index (χ1v) is 9.81. The number of aryl methyl sites for hydroxylation is 1. The molecule has 2 aliphatic heterocycles. The van der Waals surface area contributed by atoms with Crippen molar-refractivity contribution in [1.29, 1.82) is 0 Å². The summed E-state index contributed by atoms with van der Waals surface area (Å²) in [5.74, 6) is 0.225. The molecule has 0 spiro atoms. The molecule has 27 heavy (non-hydrogen) atoms. The van der Waals surface area contributed by atoms with Gasteiger partial charge in [-0.05, 0) is 31.4 Å². The van der Waals surface area contributed by atoms with Crippen LogP contribution >= 0.6 is 0 Å². The highest BCUT2D eigenvalue weighted by Gasteiger charge is 2.25. The lowest BCUT2D eigenvalue weighted by Gasteiger charge is -2.35. The molecular weight excluding hydrogens is 344 g/mol. The SMILES string of the molecule is Cc1cnccc1NCCNC(=O)N1CCN(CC(=O)N2CCCC2)CC1. The van der Waals surface area contributed by atoms with Crippen molar-refractivity contribution in [3.8, 4) is 0 Å². The molecule has 1 aromatic rings. The molecule has 2 fully saturated rings. The number of carbonyl (C=O) groups is 2. The second kappa shape index (κ2) is 9.55. The van der Waals surface area contributed by atoms with Crippen molar-refractivity contribution in [2.75, 3.05) is 64.2 Å². The monoisotopic (exact) mass is 374 g/mol. The number of nitrogens with zero attached hydrogens (tertiary/aromatic N) is 4. The number of pyridine rings is 1. The van der Waals surface area contributed by atoms with Gasteiger partial charge in [0, 0.05) is 70.4 Å². The summed E-state index contributed by atoms with van der Waals surface area (Å²) in [7, 11) is 0. The molecule has 3 rings (SSSR count). The number of urea groups is 1. The van der Waals surface area contributed by atoms with E-state index in [2.05, 4.69) is 20.5 Å². The quantitative estimate of drug-likeness (QED) is 0.719. The molecule has 1 aromatic heterocycles. The van der Waals surface area contributed by atoms with Gasteiger partial charge in [-0.2, -0.15) is 0 Å². The third kappa shape index (κ3) is 5.56. The fourth-order valence-corrected chi connectivity index (χ4v) is 3.52. The lowest BCUT2D eigenvalue weighted by atomic mass is 10.2. The number of amides is 3. The number of anilines is 1. The van der Waals surface area contributed by atoms with Gasteiger partial charge in [-0.25, -0.2) is 4.79 Å². The smallest absolute Gasteiger partial charge is 0.317 e. The number of rotatable bonds is 6. The van der Waals surface area contributed by atoms with E-state index in [1.807, 2.05) is 29.0 Å². The molecule has 0 atom stereocenters. The maximum absolute atomic E-state index is 12.3. The van der Waals surface area contributed by atoms with E-state index in [0.717, 1.165) is 50.3 Å². The predicted molar refractivity (Wildman–Crippen MR) is 105 cm³/mol. The Hall–Kier alpha value is -2.35. The summed E-state index contributed by atoms with van der Waals surface area (Å²) in [4.78, 5) is 34.5. The first-order valence-electron chi connectivity index (χ1n) is 9.81. The van der Waals surface area contributed by atoms with Gasteiger partial charge in [-0.3, -0.25) is 14.7 Å². The number of hydrogen-bond acceptors (Lipinski definition) is 5. The molecule has 3 amide bonds. The molecule has 0 aliphatic carbocycles. The normalized spacial score (nSPS) is 17.8. The van der Waals surface area contributed by atoms with E-state index in [1.165, 1.54) is 0 Å². The summed E-state index contributed by atoms with van der Waals surface area (Å²) in [5, 5.41) is 6.26. The molecule has 8 nitrogen and oxygen atoms in total. The van der Waals surface area contributed by atoms with Crippen LogP contribution in [-0.2, 0) is 4.79 Å². The van der Waals surface area contributed by atoms with E-state index < -0.39 is 0 Å². The largest absolute Gasteiger partial charge is 0.383 e. The molecular formula is C19H30N6O2. The molecule has 0 bridgehead atoms. The van der Waals surface area contributed by atoms with Crippen LogP contribution in [-0.4, -0.2) is 90.5 Å². The lowest BCUT2D eigenvalue weighted by Crippen LogP contribution is -2.53. The molecule has 2 N–H and O–H groups in total. The van der Waals surface area contributed by atoms with Crippen molar-refractivity contribution in [2.24, 2.45) is 0 Å². The topological polar surface area (TPSA) is 80.8 Å². The Bertz CT molecular complexity index is 639. The van der Waals surface area contributed by atoms with Gasteiger partial charge in [0.1, 0.15) is 0 Å². The van der Waals surface area contributed by atoms with Crippen LogP contribution in [0.2, 0.25) is 0 Å².